The molecule has 1 atom stereocenters. The van der Waals surface area contributed by atoms with Gasteiger partial charge in [0.2, 0.25) is 0 Å². The first-order valence-electron chi connectivity index (χ1n) is 6.24. The van der Waals surface area contributed by atoms with Crippen molar-refractivity contribution >= 4 is 5.97 Å². The first-order valence-corrected chi connectivity index (χ1v) is 6.24. The highest BCUT2D eigenvalue weighted by atomic mass is 16.5. The molecule has 2 aliphatic rings. The number of rotatable bonds is 1. The molecule has 0 aliphatic heterocycles. The molecular weight excluding hydrogens is 200 g/mol. The third-order valence-corrected chi connectivity index (χ3v) is 3.44. The summed E-state index contributed by atoms with van der Waals surface area (Å²) in [6.45, 7) is 3.68. The van der Waals surface area contributed by atoms with Crippen LogP contribution in [0.15, 0.2) is 23.0 Å². The molecule has 0 saturated carbocycles. The van der Waals surface area contributed by atoms with Gasteiger partial charge in [0.25, 0.3) is 0 Å². The van der Waals surface area contributed by atoms with Crippen LogP contribution in [0.25, 0.3) is 0 Å². The second kappa shape index (κ2) is 4.86. The molecule has 0 bridgehead atoms. The molecule has 0 radical (unpaired) electrons. The molecule has 88 valence electrons. The Kier molecular flexibility index (Phi) is 3.47. The summed E-state index contributed by atoms with van der Waals surface area (Å²) in [5.74, 6) is 1.18. The SMILES string of the molecule is CC(=O)O/C1=C/[C@@H](C)CC2=C(CCC2)CC1. The van der Waals surface area contributed by atoms with Gasteiger partial charge in [-0.2, -0.15) is 0 Å². The van der Waals surface area contributed by atoms with E-state index in [-0.39, 0.29) is 5.97 Å². The first-order chi connectivity index (χ1) is 7.65. The summed E-state index contributed by atoms with van der Waals surface area (Å²) in [4.78, 5) is 11.0. The van der Waals surface area contributed by atoms with Crippen molar-refractivity contribution in [3.8, 4) is 0 Å². The van der Waals surface area contributed by atoms with Crippen LogP contribution >= 0.6 is 0 Å². The summed E-state index contributed by atoms with van der Waals surface area (Å²) in [6.07, 6.45) is 9.12. The maximum absolute atomic E-state index is 11.0. The summed E-state index contributed by atoms with van der Waals surface area (Å²) in [5.41, 5.74) is 3.30. The molecule has 0 aromatic rings. The van der Waals surface area contributed by atoms with E-state index in [9.17, 15) is 4.79 Å². The minimum Gasteiger partial charge on any atom is -0.432 e. The molecule has 2 nitrogen and oxygen atoms in total. The fourth-order valence-corrected chi connectivity index (χ4v) is 2.81. The molecular formula is C14H20O2. The standard InChI is InChI=1S/C14H20O2/c1-10-8-13-5-3-4-12(13)6-7-14(9-10)16-11(2)15/h9-10H,3-8H2,1-2H3/b14-9+/t10-/m0/s1. The summed E-state index contributed by atoms with van der Waals surface area (Å²) >= 11 is 0. The van der Waals surface area contributed by atoms with Crippen LogP contribution in [0.1, 0.15) is 52.4 Å². The smallest absolute Gasteiger partial charge is 0.307 e. The van der Waals surface area contributed by atoms with E-state index in [1.54, 1.807) is 11.1 Å². The first kappa shape index (κ1) is 11.4. The fraction of sp³-hybridized carbons (Fsp3) is 0.643. The van der Waals surface area contributed by atoms with Gasteiger partial charge in [0.15, 0.2) is 0 Å². The van der Waals surface area contributed by atoms with Crippen LogP contribution in [0, 0.1) is 5.92 Å². The Morgan fingerprint density at radius 3 is 2.75 bits per heavy atom. The Morgan fingerprint density at radius 1 is 1.25 bits per heavy atom. The zero-order valence-corrected chi connectivity index (χ0v) is 10.2. The Bertz CT molecular complexity index is 350. The van der Waals surface area contributed by atoms with Gasteiger partial charge in [-0.15, -0.1) is 0 Å². The van der Waals surface area contributed by atoms with E-state index >= 15 is 0 Å². The number of esters is 1. The van der Waals surface area contributed by atoms with Crippen LogP contribution in [0.2, 0.25) is 0 Å². The third-order valence-electron chi connectivity index (χ3n) is 3.44. The van der Waals surface area contributed by atoms with E-state index in [2.05, 4.69) is 13.0 Å². The van der Waals surface area contributed by atoms with Crippen molar-refractivity contribution in [1.82, 2.24) is 0 Å². The lowest BCUT2D eigenvalue weighted by atomic mass is 9.92. The number of carbonyl (C=O) groups is 1. The van der Waals surface area contributed by atoms with Crippen molar-refractivity contribution in [2.24, 2.45) is 5.92 Å². The van der Waals surface area contributed by atoms with Crippen LogP contribution in [0.5, 0.6) is 0 Å². The van der Waals surface area contributed by atoms with Crippen LogP contribution in [0.3, 0.4) is 0 Å². The maximum Gasteiger partial charge on any atom is 0.307 e. The van der Waals surface area contributed by atoms with Gasteiger partial charge in [-0.3, -0.25) is 4.79 Å². The summed E-state index contributed by atoms with van der Waals surface area (Å²) in [6, 6.07) is 0. The normalized spacial score (nSPS) is 28.9. The third kappa shape index (κ3) is 2.75. The molecule has 0 spiro atoms. The van der Waals surface area contributed by atoms with E-state index in [1.807, 2.05) is 0 Å². The number of ether oxygens (including phenoxy) is 1. The zero-order chi connectivity index (χ0) is 11.5. The fourth-order valence-electron chi connectivity index (χ4n) is 2.81. The van der Waals surface area contributed by atoms with Crippen molar-refractivity contribution in [2.75, 3.05) is 0 Å². The monoisotopic (exact) mass is 220 g/mol. The molecule has 0 fully saturated rings. The summed E-state index contributed by atoms with van der Waals surface area (Å²) < 4.78 is 5.25. The molecule has 16 heavy (non-hydrogen) atoms. The quantitative estimate of drug-likeness (QED) is 0.497. The lowest BCUT2D eigenvalue weighted by Crippen LogP contribution is -2.05. The zero-order valence-electron chi connectivity index (χ0n) is 10.2. The second-order valence-electron chi connectivity index (χ2n) is 4.97. The van der Waals surface area contributed by atoms with Gasteiger partial charge < -0.3 is 4.74 Å². The minimum absolute atomic E-state index is 0.195. The average molecular weight is 220 g/mol. The van der Waals surface area contributed by atoms with Crippen molar-refractivity contribution in [3.63, 3.8) is 0 Å². The van der Waals surface area contributed by atoms with Gasteiger partial charge in [-0.25, -0.2) is 0 Å². The van der Waals surface area contributed by atoms with Crippen molar-refractivity contribution in [1.29, 1.82) is 0 Å². The van der Waals surface area contributed by atoms with Gasteiger partial charge in [-0.05, 0) is 44.1 Å². The highest BCUT2D eigenvalue weighted by Gasteiger charge is 2.19. The lowest BCUT2D eigenvalue weighted by Gasteiger charge is -2.17. The molecule has 0 aromatic carbocycles. The lowest BCUT2D eigenvalue weighted by molar-refractivity contribution is -0.137. The maximum atomic E-state index is 11.0. The van der Waals surface area contributed by atoms with Crippen molar-refractivity contribution in [2.45, 2.75) is 52.4 Å². The second-order valence-corrected chi connectivity index (χ2v) is 4.97. The van der Waals surface area contributed by atoms with E-state index in [0.717, 1.165) is 25.0 Å². The molecule has 0 unspecified atom stereocenters. The van der Waals surface area contributed by atoms with E-state index in [0.29, 0.717) is 5.92 Å². The van der Waals surface area contributed by atoms with Crippen LogP contribution in [-0.2, 0) is 9.53 Å². The van der Waals surface area contributed by atoms with Gasteiger partial charge in [-0.1, -0.05) is 18.1 Å². The van der Waals surface area contributed by atoms with Gasteiger partial charge >= 0.3 is 5.97 Å². The largest absolute Gasteiger partial charge is 0.432 e. The molecule has 2 aliphatic carbocycles. The molecule has 0 N–H and O–H groups in total. The predicted octanol–water partition coefficient (Wildman–Crippen LogP) is 3.73. The number of allylic oxidation sites excluding steroid dienone is 4. The highest BCUT2D eigenvalue weighted by molar-refractivity contribution is 5.67. The van der Waals surface area contributed by atoms with E-state index < -0.39 is 0 Å². The van der Waals surface area contributed by atoms with Crippen LogP contribution in [0.4, 0.5) is 0 Å². The van der Waals surface area contributed by atoms with Crippen LogP contribution in [-0.4, -0.2) is 5.97 Å². The Balaban J connectivity index is 2.08. The van der Waals surface area contributed by atoms with Crippen molar-refractivity contribution < 1.29 is 9.53 Å². The van der Waals surface area contributed by atoms with E-state index in [1.165, 1.54) is 26.2 Å². The minimum atomic E-state index is -0.195. The van der Waals surface area contributed by atoms with E-state index in [4.69, 9.17) is 4.74 Å². The molecule has 2 heteroatoms. The Hall–Kier alpha value is -1.05. The van der Waals surface area contributed by atoms with Gasteiger partial charge in [0.1, 0.15) is 5.76 Å². The Labute approximate surface area is 97.4 Å². The molecule has 0 aromatic heterocycles. The van der Waals surface area contributed by atoms with Crippen molar-refractivity contribution in [3.05, 3.63) is 23.0 Å². The number of carbonyl (C=O) groups excluding carboxylic acids is 1. The predicted molar refractivity (Wildman–Crippen MR) is 63.7 cm³/mol. The summed E-state index contributed by atoms with van der Waals surface area (Å²) in [5, 5.41) is 0. The average Bonchev–Trinajstić information content (AvgIpc) is 2.58. The topological polar surface area (TPSA) is 26.3 Å². The van der Waals surface area contributed by atoms with Gasteiger partial charge in [0.05, 0.1) is 0 Å². The highest BCUT2D eigenvalue weighted by Crippen LogP contribution is 2.36. The van der Waals surface area contributed by atoms with Gasteiger partial charge in [0, 0.05) is 13.3 Å². The summed E-state index contributed by atoms with van der Waals surface area (Å²) in [7, 11) is 0. The van der Waals surface area contributed by atoms with Crippen LogP contribution < -0.4 is 0 Å². The molecule has 0 saturated heterocycles. The Morgan fingerprint density at radius 2 is 2.00 bits per heavy atom. The number of hydrogen-bond acceptors (Lipinski definition) is 2. The number of hydrogen-bond donors (Lipinski definition) is 0. The molecule has 2 rings (SSSR count). The molecule has 0 amide bonds. The molecule has 0 heterocycles.